The molecule has 23 heavy (non-hydrogen) atoms. The van der Waals surface area contributed by atoms with Crippen LogP contribution in [0, 0.1) is 0 Å². The van der Waals surface area contributed by atoms with Gasteiger partial charge in [-0.2, -0.15) is 0 Å². The fraction of sp³-hybridized carbons (Fsp3) is 0.125. The standard InChI is InChI=1S/C16H14BrNO4S/c1-11(19)18-14-6-2-12(3-7-14)16(20)10-23(21,22)15-8-4-13(17)5-9-15/h2-9H,10H2,1H3,(H,18,19). The van der Waals surface area contributed by atoms with E-state index in [1.165, 1.54) is 31.2 Å². The first-order chi connectivity index (χ1) is 10.8. The number of sulfone groups is 1. The summed E-state index contributed by atoms with van der Waals surface area (Å²) in [5, 5.41) is 2.58. The van der Waals surface area contributed by atoms with Crippen LogP contribution in [0.15, 0.2) is 57.9 Å². The van der Waals surface area contributed by atoms with E-state index in [-0.39, 0.29) is 16.4 Å². The molecule has 1 amide bonds. The SMILES string of the molecule is CC(=O)Nc1ccc(C(=O)CS(=O)(=O)c2ccc(Br)cc2)cc1. The van der Waals surface area contributed by atoms with Gasteiger partial charge in [0.05, 0.1) is 4.90 Å². The van der Waals surface area contributed by atoms with Crippen LogP contribution in [-0.4, -0.2) is 25.9 Å². The van der Waals surface area contributed by atoms with Gasteiger partial charge in [0, 0.05) is 22.6 Å². The highest BCUT2D eigenvalue weighted by Crippen LogP contribution is 2.17. The predicted octanol–water partition coefficient (Wildman–Crippen LogP) is 3.06. The van der Waals surface area contributed by atoms with Gasteiger partial charge in [0.2, 0.25) is 5.91 Å². The van der Waals surface area contributed by atoms with Crippen molar-refractivity contribution in [3.05, 3.63) is 58.6 Å². The predicted molar refractivity (Wildman–Crippen MR) is 91.3 cm³/mol. The summed E-state index contributed by atoms with van der Waals surface area (Å²) in [5.74, 6) is -1.32. The minimum Gasteiger partial charge on any atom is -0.326 e. The van der Waals surface area contributed by atoms with Crippen LogP contribution in [0.2, 0.25) is 0 Å². The number of ketones is 1. The summed E-state index contributed by atoms with van der Waals surface area (Å²) >= 11 is 3.23. The van der Waals surface area contributed by atoms with Crippen LogP contribution >= 0.6 is 15.9 Å². The highest BCUT2D eigenvalue weighted by Gasteiger charge is 2.20. The van der Waals surface area contributed by atoms with Crippen molar-refractivity contribution in [2.45, 2.75) is 11.8 Å². The lowest BCUT2D eigenvalue weighted by atomic mass is 10.1. The van der Waals surface area contributed by atoms with Crippen LogP contribution in [0.3, 0.4) is 0 Å². The van der Waals surface area contributed by atoms with Gasteiger partial charge in [0.15, 0.2) is 15.6 Å². The zero-order valence-electron chi connectivity index (χ0n) is 12.2. The van der Waals surface area contributed by atoms with Crippen molar-refractivity contribution in [1.82, 2.24) is 0 Å². The fourth-order valence-electron chi connectivity index (χ4n) is 1.92. The molecule has 2 rings (SSSR count). The Balaban J connectivity index is 2.14. The Bertz CT molecular complexity index is 827. The number of hydrogen-bond donors (Lipinski definition) is 1. The summed E-state index contributed by atoms with van der Waals surface area (Å²) < 4.78 is 25.3. The van der Waals surface area contributed by atoms with E-state index in [1.807, 2.05) is 0 Å². The maximum absolute atomic E-state index is 12.2. The van der Waals surface area contributed by atoms with Gasteiger partial charge in [-0.15, -0.1) is 0 Å². The number of amides is 1. The quantitative estimate of drug-likeness (QED) is 0.788. The Labute approximate surface area is 142 Å². The number of rotatable bonds is 5. The molecule has 0 aliphatic carbocycles. The molecule has 0 radical (unpaired) electrons. The summed E-state index contributed by atoms with van der Waals surface area (Å²) in [6.45, 7) is 1.38. The Hall–Kier alpha value is -1.99. The molecule has 0 heterocycles. The van der Waals surface area contributed by atoms with E-state index in [9.17, 15) is 18.0 Å². The molecule has 2 aromatic rings. The lowest BCUT2D eigenvalue weighted by molar-refractivity contribution is -0.114. The molecule has 0 aliphatic heterocycles. The van der Waals surface area contributed by atoms with Crippen molar-refractivity contribution in [2.24, 2.45) is 0 Å². The Morgan fingerprint density at radius 1 is 1.00 bits per heavy atom. The summed E-state index contributed by atoms with van der Waals surface area (Å²) in [6, 6.07) is 12.2. The van der Waals surface area contributed by atoms with E-state index in [0.717, 1.165) is 4.47 Å². The van der Waals surface area contributed by atoms with Crippen molar-refractivity contribution < 1.29 is 18.0 Å². The number of benzene rings is 2. The van der Waals surface area contributed by atoms with Gasteiger partial charge >= 0.3 is 0 Å². The molecule has 0 fully saturated rings. The molecule has 0 aliphatic rings. The van der Waals surface area contributed by atoms with Gasteiger partial charge in [-0.3, -0.25) is 9.59 Å². The molecule has 0 saturated carbocycles. The molecule has 2 aromatic carbocycles. The van der Waals surface area contributed by atoms with E-state index in [1.54, 1.807) is 24.3 Å². The molecular weight excluding hydrogens is 382 g/mol. The van der Waals surface area contributed by atoms with Gasteiger partial charge in [0.25, 0.3) is 0 Å². The maximum atomic E-state index is 12.2. The second kappa shape index (κ2) is 7.06. The van der Waals surface area contributed by atoms with Crippen LogP contribution < -0.4 is 5.32 Å². The minimum absolute atomic E-state index is 0.101. The molecule has 7 heteroatoms. The zero-order chi connectivity index (χ0) is 17.0. The molecule has 1 N–H and O–H groups in total. The number of hydrogen-bond acceptors (Lipinski definition) is 4. The molecule has 0 bridgehead atoms. The molecule has 0 saturated heterocycles. The van der Waals surface area contributed by atoms with Crippen LogP contribution in [0.5, 0.6) is 0 Å². The topological polar surface area (TPSA) is 80.3 Å². The number of carbonyl (C=O) groups excluding carboxylic acids is 2. The molecule has 0 unspecified atom stereocenters. The van der Waals surface area contributed by atoms with Crippen molar-refractivity contribution >= 4 is 43.1 Å². The number of halogens is 1. The maximum Gasteiger partial charge on any atom is 0.221 e. The van der Waals surface area contributed by atoms with Gasteiger partial charge < -0.3 is 5.32 Å². The highest BCUT2D eigenvalue weighted by atomic mass is 79.9. The summed E-state index contributed by atoms with van der Waals surface area (Å²) in [4.78, 5) is 23.2. The molecule has 0 spiro atoms. The van der Waals surface area contributed by atoms with E-state index in [2.05, 4.69) is 21.2 Å². The van der Waals surface area contributed by atoms with Crippen LogP contribution in [0.1, 0.15) is 17.3 Å². The second-order valence-electron chi connectivity index (χ2n) is 4.89. The van der Waals surface area contributed by atoms with Crippen LogP contribution in [0.4, 0.5) is 5.69 Å². The molecule has 0 atom stereocenters. The van der Waals surface area contributed by atoms with Gasteiger partial charge in [-0.05, 0) is 48.5 Å². The van der Waals surface area contributed by atoms with Crippen molar-refractivity contribution in [2.75, 3.05) is 11.1 Å². The minimum atomic E-state index is -3.69. The van der Waals surface area contributed by atoms with Gasteiger partial charge in [-0.25, -0.2) is 8.42 Å². The average molecular weight is 396 g/mol. The smallest absolute Gasteiger partial charge is 0.221 e. The third kappa shape index (κ3) is 4.74. The summed E-state index contributed by atoms with van der Waals surface area (Å²) in [5.41, 5.74) is 0.824. The lowest BCUT2D eigenvalue weighted by Gasteiger charge is -2.06. The van der Waals surface area contributed by atoms with E-state index < -0.39 is 21.4 Å². The Kier molecular flexibility index (Phi) is 5.33. The van der Waals surface area contributed by atoms with E-state index >= 15 is 0 Å². The molecule has 120 valence electrons. The zero-order valence-corrected chi connectivity index (χ0v) is 14.6. The Morgan fingerprint density at radius 2 is 1.57 bits per heavy atom. The lowest BCUT2D eigenvalue weighted by Crippen LogP contribution is -2.16. The Morgan fingerprint density at radius 3 is 2.09 bits per heavy atom. The average Bonchev–Trinajstić information content (AvgIpc) is 2.47. The number of anilines is 1. The first-order valence-electron chi connectivity index (χ1n) is 6.67. The number of carbonyl (C=O) groups is 2. The van der Waals surface area contributed by atoms with E-state index in [4.69, 9.17) is 0 Å². The normalized spacial score (nSPS) is 11.0. The van der Waals surface area contributed by atoms with Gasteiger partial charge in [0.1, 0.15) is 5.75 Å². The van der Waals surface area contributed by atoms with Crippen LogP contribution in [-0.2, 0) is 14.6 Å². The first kappa shape index (κ1) is 17.4. The molecular formula is C16H14BrNO4S. The summed E-state index contributed by atoms with van der Waals surface area (Å²) in [6.07, 6.45) is 0. The highest BCUT2D eigenvalue weighted by molar-refractivity contribution is 9.10. The van der Waals surface area contributed by atoms with Gasteiger partial charge in [-0.1, -0.05) is 15.9 Å². The monoisotopic (exact) mass is 395 g/mol. The van der Waals surface area contributed by atoms with Crippen LogP contribution in [0.25, 0.3) is 0 Å². The number of Topliss-reactive ketones (excluding diaryl/α,β-unsaturated/α-hetero) is 1. The molecule has 5 nitrogen and oxygen atoms in total. The van der Waals surface area contributed by atoms with Crippen molar-refractivity contribution in [3.63, 3.8) is 0 Å². The third-order valence-electron chi connectivity index (χ3n) is 3.02. The van der Waals surface area contributed by atoms with E-state index in [0.29, 0.717) is 5.69 Å². The molecule has 0 aromatic heterocycles. The second-order valence-corrected chi connectivity index (χ2v) is 7.80. The van der Waals surface area contributed by atoms with Crippen molar-refractivity contribution in [1.29, 1.82) is 0 Å². The largest absolute Gasteiger partial charge is 0.326 e. The third-order valence-corrected chi connectivity index (χ3v) is 5.18. The summed E-state index contributed by atoms with van der Waals surface area (Å²) in [7, 11) is -3.69. The fourth-order valence-corrected chi connectivity index (χ4v) is 3.42. The first-order valence-corrected chi connectivity index (χ1v) is 9.11. The van der Waals surface area contributed by atoms with Crippen molar-refractivity contribution in [3.8, 4) is 0 Å². The number of nitrogens with one attached hydrogen (secondary N) is 1.